The fourth-order valence-corrected chi connectivity index (χ4v) is 3.32. The van der Waals surface area contributed by atoms with Gasteiger partial charge in [-0.3, -0.25) is 4.79 Å². The first-order valence-corrected chi connectivity index (χ1v) is 8.63. The molecule has 2 rings (SSSR count). The first kappa shape index (κ1) is 17.8. The van der Waals surface area contributed by atoms with E-state index in [1.165, 1.54) is 11.3 Å². The number of carbonyl (C=O) groups is 1. The van der Waals surface area contributed by atoms with E-state index < -0.39 is 0 Å². The van der Waals surface area contributed by atoms with Crippen molar-refractivity contribution in [2.45, 2.75) is 13.8 Å². The van der Waals surface area contributed by atoms with Crippen LogP contribution in [0.15, 0.2) is 12.1 Å². The fourth-order valence-electron chi connectivity index (χ4n) is 1.86. The van der Waals surface area contributed by atoms with Crippen LogP contribution in [-0.4, -0.2) is 35.5 Å². The molecule has 0 unspecified atom stereocenters. The lowest BCUT2D eigenvalue weighted by Crippen LogP contribution is -2.29. The quantitative estimate of drug-likeness (QED) is 0.647. The van der Waals surface area contributed by atoms with E-state index in [-0.39, 0.29) is 5.91 Å². The van der Waals surface area contributed by atoms with Gasteiger partial charge in [0.1, 0.15) is 10.2 Å². The predicted molar refractivity (Wildman–Crippen MR) is 96.1 cm³/mol. The van der Waals surface area contributed by atoms with Gasteiger partial charge in [-0.1, -0.05) is 23.2 Å². The van der Waals surface area contributed by atoms with Crippen molar-refractivity contribution >= 4 is 52.2 Å². The third-order valence-electron chi connectivity index (χ3n) is 2.81. The molecule has 0 saturated carbocycles. The lowest BCUT2D eigenvalue weighted by Gasteiger charge is -2.09. The zero-order chi connectivity index (χ0) is 16.8. The zero-order valence-electron chi connectivity index (χ0n) is 12.7. The summed E-state index contributed by atoms with van der Waals surface area (Å²) in [6.07, 6.45) is 0. The Morgan fingerprint density at radius 1 is 1.22 bits per heavy atom. The summed E-state index contributed by atoms with van der Waals surface area (Å²) >= 11 is 12.9. The van der Waals surface area contributed by atoms with Gasteiger partial charge in [0.25, 0.3) is 5.91 Å². The largest absolute Gasteiger partial charge is 0.370 e. The summed E-state index contributed by atoms with van der Waals surface area (Å²) < 4.78 is 0.875. The number of hydrogen-bond donors (Lipinski definition) is 3. The second kappa shape index (κ2) is 8.33. The number of thiophene rings is 1. The highest BCUT2D eigenvalue weighted by molar-refractivity contribution is 7.20. The third-order valence-corrected chi connectivity index (χ3v) is 4.29. The van der Waals surface area contributed by atoms with E-state index in [1.54, 1.807) is 6.07 Å². The normalized spacial score (nSPS) is 10.4. The van der Waals surface area contributed by atoms with Crippen molar-refractivity contribution in [1.29, 1.82) is 0 Å². The van der Waals surface area contributed by atoms with E-state index in [4.69, 9.17) is 23.2 Å². The van der Waals surface area contributed by atoms with E-state index >= 15 is 0 Å². The van der Waals surface area contributed by atoms with Crippen LogP contribution < -0.4 is 16.0 Å². The van der Waals surface area contributed by atoms with Gasteiger partial charge in [-0.2, -0.15) is 4.98 Å². The summed E-state index contributed by atoms with van der Waals surface area (Å²) in [6, 6.07) is 3.43. The number of aromatic nitrogens is 2. The Morgan fingerprint density at radius 2 is 2.00 bits per heavy atom. The van der Waals surface area contributed by atoms with Gasteiger partial charge >= 0.3 is 0 Å². The molecule has 124 valence electrons. The van der Waals surface area contributed by atoms with Crippen molar-refractivity contribution < 1.29 is 4.79 Å². The van der Waals surface area contributed by atoms with Crippen LogP contribution >= 0.6 is 34.5 Å². The Labute approximate surface area is 148 Å². The van der Waals surface area contributed by atoms with E-state index in [0.29, 0.717) is 33.3 Å². The first-order chi connectivity index (χ1) is 11.0. The van der Waals surface area contributed by atoms with Crippen LogP contribution in [0.5, 0.6) is 0 Å². The molecule has 0 atom stereocenters. The minimum atomic E-state index is -0.251. The fraction of sp³-hybridized carbons (Fsp3) is 0.357. The molecule has 2 aromatic heterocycles. The average Bonchev–Trinajstić information content (AvgIpc) is 2.82. The zero-order valence-corrected chi connectivity index (χ0v) is 15.1. The Hall–Kier alpha value is -1.57. The van der Waals surface area contributed by atoms with Crippen LogP contribution in [0.25, 0.3) is 0 Å². The van der Waals surface area contributed by atoms with Crippen LogP contribution in [-0.2, 0) is 0 Å². The lowest BCUT2D eigenvalue weighted by molar-refractivity contribution is 0.0956. The van der Waals surface area contributed by atoms with Crippen LogP contribution in [0.4, 0.5) is 11.8 Å². The third kappa shape index (κ3) is 5.23. The summed E-state index contributed by atoms with van der Waals surface area (Å²) in [5.74, 6) is 1.04. The second-order valence-electron chi connectivity index (χ2n) is 4.67. The molecule has 0 aromatic carbocycles. The van der Waals surface area contributed by atoms with Crippen LogP contribution in [0.3, 0.4) is 0 Å². The van der Waals surface area contributed by atoms with Crippen molar-refractivity contribution in [2.75, 3.05) is 30.3 Å². The first-order valence-electron chi connectivity index (χ1n) is 7.06. The number of hydrogen-bond acceptors (Lipinski definition) is 6. The molecular formula is C14H17Cl2N5OS. The molecule has 2 heterocycles. The Balaban J connectivity index is 1.83. The molecule has 0 aliphatic heterocycles. The average molecular weight is 374 g/mol. The molecule has 0 aliphatic carbocycles. The summed E-state index contributed by atoms with van der Waals surface area (Å²) in [6.45, 7) is 5.60. The van der Waals surface area contributed by atoms with Gasteiger partial charge in [0.2, 0.25) is 5.95 Å². The monoisotopic (exact) mass is 373 g/mol. The van der Waals surface area contributed by atoms with Gasteiger partial charge in [0.15, 0.2) is 0 Å². The molecule has 0 fully saturated rings. The van der Waals surface area contributed by atoms with Crippen LogP contribution in [0, 0.1) is 6.92 Å². The Morgan fingerprint density at radius 3 is 2.65 bits per heavy atom. The molecule has 1 amide bonds. The number of nitrogens with one attached hydrogen (secondary N) is 3. The van der Waals surface area contributed by atoms with Crippen molar-refractivity contribution in [3.05, 3.63) is 32.1 Å². The van der Waals surface area contributed by atoms with E-state index in [0.717, 1.165) is 18.1 Å². The Kier molecular flexibility index (Phi) is 6.44. The minimum Gasteiger partial charge on any atom is -0.370 e. The van der Waals surface area contributed by atoms with Crippen LogP contribution in [0.2, 0.25) is 8.67 Å². The number of halogens is 2. The molecule has 0 radical (unpaired) electrons. The maximum absolute atomic E-state index is 12.0. The number of carbonyl (C=O) groups excluding carboxylic acids is 1. The Bertz CT molecular complexity index is 692. The SMILES string of the molecule is CCNc1cc(C)nc(NCCNC(=O)c2cc(Cl)sc2Cl)n1. The van der Waals surface area contributed by atoms with E-state index in [9.17, 15) is 4.79 Å². The smallest absolute Gasteiger partial charge is 0.253 e. The van der Waals surface area contributed by atoms with Crippen molar-refractivity contribution in [3.63, 3.8) is 0 Å². The second-order valence-corrected chi connectivity index (χ2v) is 6.95. The van der Waals surface area contributed by atoms with Crippen molar-refractivity contribution in [2.24, 2.45) is 0 Å². The van der Waals surface area contributed by atoms with E-state index in [2.05, 4.69) is 25.9 Å². The highest BCUT2D eigenvalue weighted by Crippen LogP contribution is 2.30. The molecule has 6 nitrogen and oxygen atoms in total. The predicted octanol–water partition coefficient (Wildman–Crippen LogP) is 3.43. The highest BCUT2D eigenvalue weighted by atomic mass is 35.5. The van der Waals surface area contributed by atoms with Gasteiger partial charge in [0, 0.05) is 31.4 Å². The van der Waals surface area contributed by atoms with Crippen molar-refractivity contribution in [1.82, 2.24) is 15.3 Å². The van der Waals surface area contributed by atoms with Crippen LogP contribution in [0.1, 0.15) is 23.0 Å². The molecule has 9 heteroatoms. The molecule has 2 aromatic rings. The summed E-state index contributed by atoms with van der Waals surface area (Å²) in [5, 5.41) is 8.99. The maximum Gasteiger partial charge on any atom is 0.253 e. The number of nitrogens with zero attached hydrogens (tertiary/aromatic N) is 2. The standard InChI is InChI=1S/C14H17Cl2N5OS/c1-3-17-11-6-8(2)20-14(21-11)19-5-4-18-13(22)9-7-10(15)23-12(9)16/h6-7H,3-5H2,1-2H3,(H,18,22)(H2,17,19,20,21). The van der Waals surface area contributed by atoms with Gasteiger partial charge in [-0.25, -0.2) is 4.98 Å². The number of amides is 1. The van der Waals surface area contributed by atoms with Gasteiger partial charge in [0.05, 0.1) is 9.90 Å². The summed E-state index contributed by atoms with van der Waals surface area (Å²) in [7, 11) is 0. The number of anilines is 2. The van der Waals surface area contributed by atoms with Gasteiger partial charge in [-0.15, -0.1) is 11.3 Å². The topological polar surface area (TPSA) is 78.9 Å². The maximum atomic E-state index is 12.0. The highest BCUT2D eigenvalue weighted by Gasteiger charge is 2.13. The molecule has 3 N–H and O–H groups in total. The molecular weight excluding hydrogens is 357 g/mol. The number of aryl methyl sites for hydroxylation is 1. The van der Waals surface area contributed by atoms with Gasteiger partial charge in [-0.05, 0) is 19.9 Å². The van der Waals surface area contributed by atoms with E-state index in [1.807, 2.05) is 19.9 Å². The summed E-state index contributed by atoms with van der Waals surface area (Å²) in [4.78, 5) is 20.6. The molecule has 0 bridgehead atoms. The molecule has 23 heavy (non-hydrogen) atoms. The molecule has 0 spiro atoms. The molecule has 0 saturated heterocycles. The lowest BCUT2D eigenvalue weighted by atomic mass is 10.3. The number of rotatable bonds is 7. The van der Waals surface area contributed by atoms with Crippen molar-refractivity contribution in [3.8, 4) is 0 Å². The molecule has 0 aliphatic rings. The minimum absolute atomic E-state index is 0.251. The van der Waals surface area contributed by atoms with Gasteiger partial charge < -0.3 is 16.0 Å². The summed E-state index contributed by atoms with van der Waals surface area (Å²) in [5.41, 5.74) is 1.25.